The van der Waals surface area contributed by atoms with Gasteiger partial charge in [-0.05, 0) is 26.3 Å². The van der Waals surface area contributed by atoms with Crippen molar-refractivity contribution in [2.45, 2.75) is 42.6 Å². The van der Waals surface area contributed by atoms with Gasteiger partial charge in [0.2, 0.25) is 0 Å². The molecule has 0 saturated heterocycles. The normalized spacial score (nSPS) is 12.5. The van der Waals surface area contributed by atoms with Crippen molar-refractivity contribution >= 4 is 33.4 Å². The summed E-state index contributed by atoms with van der Waals surface area (Å²) in [5.74, 6) is 1.32. The van der Waals surface area contributed by atoms with E-state index in [-0.39, 0.29) is 34.8 Å². The third kappa shape index (κ3) is 5.49. The number of sulfonamides is 1. The maximum Gasteiger partial charge on any atom is 0.268 e. The van der Waals surface area contributed by atoms with Crippen LogP contribution in [-0.2, 0) is 15.8 Å². The summed E-state index contributed by atoms with van der Waals surface area (Å²) in [5.41, 5.74) is 1.35. The SMILES string of the molecule is Cc1noc(C)c1S(=O)(=O)Nc1cc(N[C@H](C)CO)nc(SCc2ccccc2)n1. The van der Waals surface area contributed by atoms with E-state index >= 15 is 0 Å². The Morgan fingerprint density at radius 1 is 1.17 bits per heavy atom. The highest BCUT2D eigenvalue weighted by Crippen LogP contribution is 2.26. The zero-order chi connectivity index (χ0) is 21.7. The molecule has 3 N–H and O–H groups in total. The van der Waals surface area contributed by atoms with E-state index in [1.54, 1.807) is 13.8 Å². The second-order valence-corrected chi connectivity index (χ2v) is 9.24. The Bertz CT molecular complexity index is 1080. The first-order valence-electron chi connectivity index (χ1n) is 9.17. The zero-order valence-corrected chi connectivity index (χ0v) is 18.4. The topological polar surface area (TPSA) is 130 Å². The van der Waals surface area contributed by atoms with Gasteiger partial charge in [-0.1, -0.05) is 47.3 Å². The molecule has 2 aromatic heterocycles. The molecule has 1 atom stereocenters. The van der Waals surface area contributed by atoms with E-state index in [4.69, 9.17) is 4.52 Å². The number of nitrogens with one attached hydrogen (secondary N) is 2. The molecule has 1 aromatic carbocycles. The highest BCUT2D eigenvalue weighted by Gasteiger charge is 2.25. The monoisotopic (exact) mass is 449 g/mol. The van der Waals surface area contributed by atoms with E-state index in [1.807, 2.05) is 30.3 Å². The lowest BCUT2D eigenvalue weighted by atomic mass is 10.2. The number of hydrogen-bond donors (Lipinski definition) is 3. The number of aromatic nitrogens is 3. The third-order valence-corrected chi connectivity index (χ3v) is 6.58. The fourth-order valence-electron chi connectivity index (χ4n) is 2.68. The molecule has 0 saturated carbocycles. The Balaban J connectivity index is 1.89. The number of hydrogen-bond acceptors (Lipinski definition) is 9. The van der Waals surface area contributed by atoms with E-state index in [2.05, 4.69) is 25.2 Å². The van der Waals surface area contributed by atoms with E-state index < -0.39 is 10.0 Å². The summed E-state index contributed by atoms with van der Waals surface area (Å²) in [6.07, 6.45) is 0. The van der Waals surface area contributed by atoms with Crippen molar-refractivity contribution in [3.63, 3.8) is 0 Å². The zero-order valence-electron chi connectivity index (χ0n) is 16.8. The highest BCUT2D eigenvalue weighted by molar-refractivity contribution is 7.98. The van der Waals surface area contributed by atoms with Crippen molar-refractivity contribution in [3.8, 4) is 0 Å². The quantitative estimate of drug-likeness (QED) is 0.333. The van der Waals surface area contributed by atoms with Crippen LogP contribution in [0.25, 0.3) is 0 Å². The fraction of sp³-hybridized carbons (Fsp3) is 0.316. The second kappa shape index (κ2) is 9.45. The van der Waals surface area contributed by atoms with E-state index in [0.29, 0.717) is 16.7 Å². The predicted octanol–water partition coefficient (Wildman–Crippen LogP) is 2.97. The van der Waals surface area contributed by atoms with Crippen molar-refractivity contribution in [1.82, 2.24) is 15.1 Å². The van der Waals surface area contributed by atoms with Crippen molar-refractivity contribution in [2.24, 2.45) is 0 Å². The second-order valence-electron chi connectivity index (χ2n) is 6.68. The number of thioether (sulfide) groups is 1. The first kappa shape index (κ1) is 22.1. The molecule has 0 amide bonds. The van der Waals surface area contributed by atoms with Gasteiger partial charge in [-0.25, -0.2) is 18.4 Å². The molecule has 160 valence electrons. The lowest BCUT2D eigenvalue weighted by Gasteiger charge is -2.14. The number of rotatable bonds is 9. The maximum absolute atomic E-state index is 12.8. The maximum atomic E-state index is 12.8. The van der Waals surface area contributed by atoms with Crippen molar-refractivity contribution < 1.29 is 18.0 Å². The standard InChI is InChI=1S/C19H23N5O4S2/c1-12(10-25)20-16-9-17(24-30(26,27)18-13(2)23-28-14(18)3)22-19(21-16)29-11-15-7-5-4-6-8-15/h4-9,12,25H,10-11H2,1-3H3,(H2,20,21,22,24)/t12-/m1/s1. The molecule has 0 radical (unpaired) electrons. The Morgan fingerprint density at radius 2 is 1.87 bits per heavy atom. The van der Waals surface area contributed by atoms with Gasteiger partial charge in [-0.3, -0.25) is 4.72 Å². The van der Waals surface area contributed by atoms with Gasteiger partial charge in [0.05, 0.1) is 6.61 Å². The number of anilines is 2. The highest BCUT2D eigenvalue weighted by atomic mass is 32.2. The fourth-order valence-corrected chi connectivity index (χ4v) is 4.82. The Labute approximate surface area is 179 Å². The molecule has 0 bridgehead atoms. The molecule has 9 nitrogen and oxygen atoms in total. The molecule has 0 aliphatic heterocycles. The molecular formula is C19H23N5O4S2. The summed E-state index contributed by atoms with van der Waals surface area (Å²) in [6, 6.07) is 11.0. The van der Waals surface area contributed by atoms with Crippen molar-refractivity contribution in [1.29, 1.82) is 0 Å². The number of nitrogens with zero attached hydrogens (tertiary/aromatic N) is 3. The molecule has 11 heteroatoms. The van der Waals surface area contributed by atoms with Crippen LogP contribution < -0.4 is 10.0 Å². The number of aliphatic hydroxyl groups excluding tert-OH is 1. The Kier molecular flexibility index (Phi) is 6.95. The lowest BCUT2D eigenvalue weighted by molar-refractivity contribution is 0.281. The molecule has 0 aliphatic carbocycles. The van der Waals surface area contributed by atoms with Gasteiger partial charge < -0.3 is 14.9 Å². The summed E-state index contributed by atoms with van der Waals surface area (Å²) in [6.45, 7) is 4.77. The van der Waals surface area contributed by atoms with E-state index in [0.717, 1.165) is 5.56 Å². The van der Waals surface area contributed by atoms with E-state index in [1.165, 1.54) is 24.8 Å². The predicted molar refractivity (Wildman–Crippen MR) is 115 cm³/mol. The molecule has 3 aromatic rings. The summed E-state index contributed by atoms with van der Waals surface area (Å²) >= 11 is 1.38. The molecule has 0 spiro atoms. The summed E-state index contributed by atoms with van der Waals surface area (Å²) in [4.78, 5) is 8.76. The van der Waals surface area contributed by atoms with Gasteiger partial charge >= 0.3 is 0 Å². The van der Waals surface area contributed by atoms with Gasteiger partial charge in [-0.2, -0.15) is 0 Å². The first-order chi connectivity index (χ1) is 14.3. The van der Waals surface area contributed by atoms with Crippen LogP contribution in [0.1, 0.15) is 23.9 Å². The average Bonchev–Trinajstić information content (AvgIpc) is 3.05. The molecule has 2 heterocycles. The minimum absolute atomic E-state index is 0.0159. The number of aryl methyl sites for hydroxylation is 2. The minimum Gasteiger partial charge on any atom is -0.394 e. The van der Waals surface area contributed by atoms with Gasteiger partial charge in [-0.15, -0.1) is 0 Å². The first-order valence-corrected chi connectivity index (χ1v) is 11.6. The molecule has 0 unspecified atom stereocenters. The van der Waals surface area contributed by atoms with E-state index in [9.17, 15) is 13.5 Å². The summed E-state index contributed by atoms with van der Waals surface area (Å²) < 4.78 is 33.1. The van der Waals surface area contributed by atoms with Crippen LogP contribution in [0, 0.1) is 13.8 Å². The summed E-state index contributed by atoms with van der Waals surface area (Å²) in [7, 11) is -3.95. The van der Waals surface area contributed by atoms with Gasteiger partial charge in [0.1, 0.15) is 17.3 Å². The van der Waals surface area contributed by atoms with Crippen LogP contribution in [0.15, 0.2) is 51.0 Å². The van der Waals surface area contributed by atoms with Crippen LogP contribution >= 0.6 is 11.8 Å². The van der Waals surface area contributed by atoms with Gasteiger partial charge in [0.15, 0.2) is 15.8 Å². The molecule has 0 aliphatic rings. The van der Waals surface area contributed by atoms with Crippen LogP contribution in [0.4, 0.5) is 11.6 Å². The van der Waals surface area contributed by atoms with Crippen molar-refractivity contribution in [2.75, 3.05) is 16.6 Å². The van der Waals surface area contributed by atoms with Crippen LogP contribution in [0.5, 0.6) is 0 Å². The molecule has 3 rings (SSSR count). The average molecular weight is 450 g/mol. The van der Waals surface area contributed by atoms with Crippen LogP contribution in [0.3, 0.4) is 0 Å². The summed E-state index contributed by atoms with van der Waals surface area (Å²) in [5, 5.41) is 16.4. The van der Waals surface area contributed by atoms with Crippen LogP contribution in [0.2, 0.25) is 0 Å². The van der Waals surface area contributed by atoms with Crippen molar-refractivity contribution in [3.05, 3.63) is 53.4 Å². The van der Waals surface area contributed by atoms with Gasteiger partial charge in [0, 0.05) is 17.9 Å². The smallest absolute Gasteiger partial charge is 0.268 e. The molecule has 30 heavy (non-hydrogen) atoms. The third-order valence-electron chi connectivity index (χ3n) is 4.06. The minimum atomic E-state index is -3.95. The number of aliphatic hydroxyl groups is 1. The molecular weight excluding hydrogens is 426 g/mol. The van der Waals surface area contributed by atoms with Crippen LogP contribution in [-0.4, -0.2) is 41.3 Å². The van der Waals surface area contributed by atoms with Gasteiger partial charge in [0.25, 0.3) is 10.0 Å². The Hall–Kier alpha value is -2.63. The Morgan fingerprint density at radius 3 is 2.50 bits per heavy atom. The molecule has 0 fully saturated rings. The largest absolute Gasteiger partial charge is 0.394 e. The number of benzene rings is 1. The lowest BCUT2D eigenvalue weighted by Crippen LogP contribution is -2.21.